The van der Waals surface area contributed by atoms with Gasteiger partial charge in [-0.2, -0.15) is 0 Å². The van der Waals surface area contributed by atoms with Crippen LogP contribution < -0.4 is 5.32 Å². The molecule has 0 aliphatic carbocycles. The van der Waals surface area contributed by atoms with Crippen LogP contribution in [0, 0.1) is 5.82 Å². The zero-order valence-electron chi connectivity index (χ0n) is 8.91. The third-order valence-corrected chi connectivity index (χ3v) is 2.60. The molecule has 1 saturated heterocycles. The van der Waals surface area contributed by atoms with Crippen molar-refractivity contribution in [1.82, 2.24) is 5.32 Å². The molecule has 1 amide bonds. The van der Waals surface area contributed by atoms with Gasteiger partial charge in [0.1, 0.15) is 5.82 Å². The third-order valence-electron chi connectivity index (χ3n) is 2.60. The number of hydrogen-bond donors (Lipinski definition) is 1. The molecule has 1 heterocycles. The number of nitrogens with one attached hydrogen (secondary N) is 1. The van der Waals surface area contributed by atoms with Crippen LogP contribution in [0.15, 0.2) is 24.3 Å². The molecule has 1 aromatic rings. The summed E-state index contributed by atoms with van der Waals surface area (Å²) >= 11 is 0. The molecule has 4 heteroatoms. The Hall–Kier alpha value is -1.42. The Morgan fingerprint density at radius 2 is 2.44 bits per heavy atom. The van der Waals surface area contributed by atoms with Crippen LogP contribution in [0.1, 0.15) is 23.2 Å². The van der Waals surface area contributed by atoms with E-state index in [2.05, 4.69) is 5.32 Å². The maximum Gasteiger partial charge on any atom is 0.251 e. The number of amides is 1. The molecular formula is C12H14FNO2. The highest BCUT2D eigenvalue weighted by molar-refractivity contribution is 5.94. The van der Waals surface area contributed by atoms with Crippen molar-refractivity contribution in [1.29, 1.82) is 0 Å². The predicted octanol–water partition coefficient (Wildman–Crippen LogP) is 1.73. The second-order valence-corrected chi connectivity index (χ2v) is 3.86. The zero-order chi connectivity index (χ0) is 11.4. The van der Waals surface area contributed by atoms with E-state index >= 15 is 0 Å². The van der Waals surface area contributed by atoms with Crippen LogP contribution in [0.25, 0.3) is 0 Å². The largest absolute Gasteiger partial charge is 0.376 e. The average Bonchev–Trinajstić information content (AvgIpc) is 2.78. The maximum atomic E-state index is 12.9. The predicted molar refractivity (Wildman–Crippen MR) is 57.7 cm³/mol. The molecular weight excluding hydrogens is 209 g/mol. The Morgan fingerprint density at radius 1 is 1.56 bits per heavy atom. The van der Waals surface area contributed by atoms with E-state index in [0.29, 0.717) is 12.1 Å². The highest BCUT2D eigenvalue weighted by Gasteiger charge is 2.16. The first-order chi connectivity index (χ1) is 7.75. The molecule has 2 rings (SSSR count). The summed E-state index contributed by atoms with van der Waals surface area (Å²) in [5.41, 5.74) is 0.345. The van der Waals surface area contributed by atoms with E-state index in [1.165, 1.54) is 18.2 Å². The minimum atomic E-state index is -0.398. The van der Waals surface area contributed by atoms with Crippen LogP contribution in [0.2, 0.25) is 0 Å². The number of hydrogen-bond acceptors (Lipinski definition) is 2. The van der Waals surface area contributed by atoms with Gasteiger partial charge in [-0.15, -0.1) is 0 Å². The molecule has 86 valence electrons. The molecule has 1 N–H and O–H groups in total. The summed E-state index contributed by atoms with van der Waals surface area (Å²) < 4.78 is 18.2. The van der Waals surface area contributed by atoms with E-state index in [4.69, 9.17) is 4.74 Å². The van der Waals surface area contributed by atoms with Crippen molar-refractivity contribution in [2.75, 3.05) is 13.2 Å². The number of halogens is 1. The summed E-state index contributed by atoms with van der Waals surface area (Å²) in [7, 11) is 0. The SMILES string of the molecule is O=C(NC[C@H]1CCCO1)c1cccc(F)c1. The van der Waals surface area contributed by atoms with Crippen LogP contribution in [0.4, 0.5) is 4.39 Å². The molecule has 1 atom stereocenters. The summed E-state index contributed by atoms with van der Waals surface area (Å²) in [6.45, 7) is 1.26. The molecule has 1 aromatic carbocycles. The standard InChI is InChI=1S/C12H14FNO2/c13-10-4-1-3-9(7-10)12(15)14-8-11-5-2-6-16-11/h1,3-4,7,11H,2,5-6,8H2,(H,14,15)/t11-/m1/s1. The van der Waals surface area contributed by atoms with E-state index in [0.717, 1.165) is 19.4 Å². The van der Waals surface area contributed by atoms with Crippen LogP contribution in [-0.4, -0.2) is 25.2 Å². The molecule has 1 aliphatic heterocycles. The van der Waals surface area contributed by atoms with Gasteiger partial charge < -0.3 is 10.1 Å². The second-order valence-electron chi connectivity index (χ2n) is 3.86. The lowest BCUT2D eigenvalue weighted by atomic mass is 10.2. The van der Waals surface area contributed by atoms with E-state index in [1.54, 1.807) is 6.07 Å². The quantitative estimate of drug-likeness (QED) is 0.847. The highest BCUT2D eigenvalue weighted by Crippen LogP contribution is 2.11. The minimum Gasteiger partial charge on any atom is -0.376 e. The normalized spacial score (nSPS) is 19.7. The fraction of sp³-hybridized carbons (Fsp3) is 0.417. The molecule has 0 unspecified atom stereocenters. The molecule has 1 aliphatic rings. The minimum absolute atomic E-state index is 0.109. The molecule has 0 aromatic heterocycles. The fourth-order valence-electron chi connectivity index (χ4n) is 1.74. The number of benzene rings is 1. The highest BCUT2D eigenvalue weighted by atomic mass is 19.1. The van der Waals surface area contributed by atoms with Gasteiger partial charge in [0.2, 0.25) is 0 Å². The molecule has 0 spiro atoms. The number of rotatable bonds is 3. The van der Waals surface area contributed by atoms with Gasteiger partial charge in [-0.05, 0) is 31.0 Å². The van der Waals surface area contributed by atoms with Gasteiger partial charge in [-0.3, -0.25) is 4.79 Å². The van der Waals surface area contributed by atoms with Crippen LogP contribution in [-0.2, 0) is 4.74 Å². The summed E-state index contributed by atoms with van der Waals surface area (Å²) in [6.07, 6.45) is 2.13. The Kier molecular flexibility index (Phi) is 3.51. The number of ether oxygens (including phenoxy) is 1. The Balaban J connectivity index is 1.87. The van der Waals surface area contributed by atoms with Crippen molar-refractivity contribution in [2.24, 2.45) is 0 Å². The van der Waals surface area contributed by atoms with Crippen molar-refractivity contribution in [3.8, 4) is 0 Å². The van der Waals surface area contributed by atoms with Gasteiger partial charge in [0.15, 0.2) is 0 Å². The molecule has 0 radical (unpaired) electrons. The van der Waals surface area contributed by atoms with Gasteiger partial charge in [0.25, 0.3) is 5.91 Å². The van der Waals surface area contributed by atoms with E-state index in [-0.39, 0.29) is 12.0 Å². The molecule has 16 heavy (non-hydrogen) atoms. The Morgan fingerprint density at radius 3 is 3.12 bits per heavy atom. The lowest BCUT2D eigenvalue weighted by molar-refractivity contribution is 0.0857. The third kappa shape index (κ3) is 2.79. The molecule has 0 bridgehead atoms. The Bertz CT molecular complexity index is 375. The summed E-state index contributed by atoms with van der Waals surface area (Å²) in [5, 5.41) is 2.74. The van der Waals surface area contributed by atoms with Gasteiger partial charge >= 0.3 is 0 Å². The summed E-state index contributed by atoms with van der Waals surface area (Å²) in [5.74, 6) is -0.653. The lowest BCUT2D eigenvalue weighted by Crippen LogP contribution is -2.31. The van der Waals surface area contributed by atoms with Gasteiger partial charge in [0.05, 0.1) is 6.10 Å². The maximum absolute atomic E-state index is 12.9. The van der Waals surface area contributed by atoms with Crippen LogP contribution >= 0.6 is 0 Å². The summed E-state index contributed by atoms with van der Waals surface area (Å²) in [4.78, 5) is 11.6. The average molecular weight is 223 g/mol. The van der Waals surface area contributed by atoms with E-state index < -0.39 is 5.82 Å². The van der Waals surface area contributed by atoms with Gasteiger partial charge in [-0.25, -0.2) is 4.39 Å². The first kappa shape index (κ1) is 11.1. The number of carbonyl (C=O) groups is 1. The van der Waals surface area contributed by atoms with Crippen LogP contribution in [0.5, 0.6) is 0 Å². The molecule has 0 saturated carbocycles. The van der Waals surface area contributed by atoms with E-state index in [9.17, 15) is 9.18 Å². The van der Waals surface area contributed by atoms with Gasteiger partial charge in [-0.1, -0.05) is 6.07 Å². The molecule has 1 fully saturated rings. The van der Waals surface area contributed by atoms with Crippen molar-refractivity contribution in [2.45, 2.75) is 18.9 Å². The van der Waals surface area contributed by atoms with Crippen molar-refractivity contribution < 1.29 is 13.9 Å². The Labute approximate surface area is 93.6 Å². The lowest BCUT2D eigenvalue weighted by Gasteiger charge is -2.10. The first-order valence-corrected chi connectivity index (χ1v) is 5.41. The topological polar surface area (TPSA) is 38.3 Å². The molecule has 3 nitrogen and oxygen atoms in total. The monoisotopic (exact) mass is 223 g/mol. The fourth-order valence-corrected chi connectivity index (χ4v) is 1.74. The summed E-state index contributed by atoms with van der Waals surface area (Å²) in [6, 6.07) is 5.66. The van der Waals surface area contributed by atoms with Crippen molar-refractivity contribution in [3.05, 3.63) is 35.6 Å². The first-order valence-electron chi connectivity index (χ1n) is 5.41. The zero-order valence-corrected chi connectivity index (χ0v) is 8.91. The number of carbonyl (C=O) groups excluding carboxylic acids is 1. The second kappa shape index (κ2) is 5.07. The van der Waals surface area contributed by atoms with Crippen molar-refractivity contribution in [3.63, 3.8) is 0 Å². The van der Waals surface area contributed by atoms with Crippen LogP contribution in [0.3, 0.4) is 0 Å². The van der Waals surface area contributed by atoms with E-state index in [1.807, 2.05) is 0 Å². The van der Waals surface area contributed by atoms with Gasteiger partial charge in [0, 0.05) is 18.7 Å². The smallest absolute Gasteiger partial charge is 0.251 e. The van der Waals surface area contributed by atoms with Crippen molar-refractivity contribution >= 4 is 5.91 Å².